The molecule has 0 atom stereocenters. The van der Waals surface area contributed by atoms with Crippen molar-refractivity contribution < 1.29 is 9.63 Å². The Kier molecular flexibility index (Phi) is 2.52. The molecule has 2 aromatic carbocycles. The average molecular weight is 239 g/mol. The third-order valence-corrected chi connectivity index (χ3v) is 3.15. The minimum Gasteiger partial charge on any atom is -0.344 e. The second kappa shape index (κ2) is 4.18. The van der Waals surface area contributed by atoms with Crippen LogP contribution in [0.4, 0.5) is 0 Å². The number of rotatable bonds is 2. The van der Waals surface area contributed by atoms with Gasteiger partial charge in [0.15, 0.2) is 0 Å². The summed E-state index contributed by atoms with van der Waals surface area (Å²) in [6.07, 6.45) is 2.90. The van der Waals surface area contributed by atoms with E-state index in [-0.39, 0.29) is 5.97 Å². The molecule has 0 aromatic heterocycles. The summed E-state index contributed by atoms with van der Waals surface area (Å²) in [5.41, 5.74) is 5.97. The molecule has 0 fully saturated rings. The van der Waals surface area contributed by atoms with Gasteiger partial charge in [-0.2, -0.15) is 0 Å². The van der Waals surface area contributed by atoms with E-state index in [1.807, 2.05) is 18.2 Å². The van der Waals surface area contributed by atoms with Gasteiger partial charge in [0.25, 0.3) is 0 Å². The molecule has 90 valence electrons. The van der Waals surface area contributed by atoms with E-state index in [1.54, 1.807) is 0 Å². The van der Waals surface area contributed by atoms with Crippen LogP contribution in [0.1, 0.15) is 18.1 Å². The van der Waals surface area contributed by atoms with Crippen molar-refractivity contribution in [3.05, 3.63) is 53.6 Å². The third kappa shape index (κ3) is 1.74. The van der Waals surface area contributed by atoms with Crippen LogP contribution in [0.2, 0.25) is 0 Å². The Balaban J connectivity index is 2.00. The smallest absolute Gasteiger partial charge is 0.329 e. The molecule has 0 radical (unpaired) electrons. The second-order valence-electron chi connectivity index (χ2n) is 4.33. The summed E-state index contributed by atoms with van der Waals surface area (Å²) in [5.74, 6) is -0.342. The zero-order chi connectivity index (χ0) is 12.5. The quantitative estimate of drug-likeness (QED) is 0.819. The van der Waals surface area contributed by atoms with E-state index in [2.05, 4.69) is 29.7 Å². The van der Waals surface area contributed by atoms with Gasteiger partial charge in [0.2, 0.25) is 0 Å². The Bertz CT molecular complexity index is 659. The molecule has 1 aliphatic rings. The summed E-state index contributed by atoms with van der Waals surface area (Å²) < 4.78 is 0. The molecule has 1 aliphatic carbocycles. The van der Waals surface area contributed by atoms with E-state index >= 15 is 0 Å². The first-order valence-corrected chi connectivity index (χ1v) is 5.90. The van der Waals surface area contributed by atoms with Gasteiger partial charge in [0, 0.05) is 12.5 Å². The molecule has 0 saturated heterocycles. The molecule has 0 bridgehead atoms. The zero-order valence-corrected chi connectivity index (χ0v) is 10.1. The topological polar surface area (TPSA) is 38.3 Å². The van der Waals surface area contributed by atoms with Crippen LogP contribution in [-0.2, 0) is 16.1 Å². The van der Waals surface area contributed by atoms with Gasteiger partial charge in [0.05, 0.1) is 5.70 Å². The number of benzene rings is 2. The number of carbonyl (C=O) groups is 1. The molecule has 0 unspecified atom stereocenters. The molecule has 3 heteroatoms. The summed E-state index contributed by atoms with van der Waals surface area (Å²) in [6, 6.07) is 12.5. The first kappa shape index (κ1) is 10.8. The molecule has 1 N–H and O–H groups in total. The molecule has 0 heterocycles. The predicted octanol–water partition coefficient (Wildman–Crippen LogP) is 2.80. The third-order valence-electron chi connectivity index (χ3n) is 3.15. The summed E-state index contributed by atoms with van der Waals surface area (Å²) in [7, 11) is 0. The van der Waals surface area contributed by atoms with E-state index in [9.17, 15) is 4.79 Å². The van der Waals surface area contributed by atoms with Crippen LogP contribution < -0.4 is 5.48 Å². The van der Waals surface area contributed by atoms with Gasteiger partial charge < -0.3 is 4.84 Å². The minimum absolute atomic E-state index is 0.342. The van der Waals surface area contributed by atoms with Gasteiger partial charge in [-0.05, 0) is 22.8 Å². The molecule has 18 heavy (non-hydrogen) atoms. The molecule has 2 aromatic rings. The van der Waals surface area contributed by atoms with Crippen LogP contribution in [0, 0.1) is 0 Å². The van der Waals surface area contributed by atoms with Crippen LogP contribution in [0.5, 0.6) is 0 Å². The maximum atomic E-state index is 10.8. The van der Waals surface area contributed by atoms with Gasteiger partial charge >= 0.3 is 5.97 Å². The maximum Gasteiger partial charge on any atom is 0.329 e. The van der Waals surface area contributed by atoms with Crippen molar-refractivity contribution in [3.8, 4) is 0 Å². The van der Waals surface area contributed by atoms with Crippen molar-refractivity contribution in [1.29, 1.82) is 0 Å². The molecule has 0 aliphatic heterocycles. The lowest BCUT2D eigenvalue weighted by molar-refractivity contribution is -0.145. The predicted molar refractivity (Wildman–Crippen MR) is 70.5 cm³/mol. The number of hydrogen-bond acceptors (Lipinski definition) is 3. The van der Waals surface area contributed by atoms with Crippen molar-refractivity contribution in [1.82, 2.24) is 5.48 Å². The fourth-order valence-corrected chi connectivity index (χ4v) is 2.35. The fourth-order valence-electron chi connectivity index (χ4n) is 2.35. The van der Waals surface area contributed by atoms with Gasteiger partial charge in [-0.1, -0.05) is 42.5 Å². The average Bonchev–Trinajstić information content (AvgIpc) is 2.80. The van der Waals surface area contributed by atoms with E-state index in [0.717, 1.165) is 17.7 Å². The second-order valence-corrected chi connectivity index (χ2v) is 4.33. The van der Waals surface area contributed by atoms with Gasteiger partial charge in [-0.15, -0.1) is 0 Å². The summed E-state index contributed by atoms with van der Waals surface area (Å²) in [5, 5.41) is 2.49. The van der Waals surface area contributed by atoms with Crippen LogP contribution in [-0.4, -0.2) is 5.97 Å². The SMILES string of the molecule is CC(=O)ONC1=CCc2c1ccc1ccccc21. The Morgan fingerprint density at radius 1 is 1.22 bits per heavy atom. The maximum absolute atomic E-state index is 10.8. The Hall–Kier alpha value is -2.29. The summed E-state index contributed by atoms with van der Waals surface area (Å²) in [6.45, 7) is 1.38. The monoisotopic (exact) mass is 239 g/mol. The Morgan fingerprint density at radius 3 is 2.89 bits per heavy atom. The lowest BCUT2D eigenvalue weighted by Gasteiger charge is -2.09. The van der Waals surface area contributed by atoms with Crippen molar-refractivity contribution >= 4 is 22.4 Å². The van der Waals surface area contributed by atoms with Crippen molar-refractivity contribution in [2.24, 2.45) is 0 Å². The standard InChI is InChI=1S/C15H13NO2/c1-10(17)18-16-15-9-8-13-12-5-3-2-4-11(12)6-7-14(13)15/h2-7,9,16H,8H2,1H3. The highest BCUT2D eigenvalue weighted by Gasteiger charge is 2.16. The molecule has 3 nitrogen and oxygen atoms in total. The summed E-state index contributed by atoms with van der Waals surface area (Å²) >= 11 is 0. The number of fused-ring (bicyclic) bond motifs is 3. The number of hydrogen-bond donors (Lipinski definition) is 1. The van der Waals surface area contributed by atoms with E-state index in [0.29, 0.717) is 0 Å². The fraction of sp³-hybridized carbons (Fsp3) is 0.133. The lowest BCUT2D eigenvalue weighted by atomic mass is 10.00. The lowest BCUT2D eigenvalue weighted by Crippen LogP contribution is -2.15. The van der Waals surface area contributed by atoms with Crippen LogP contribution in [0.15, 0.2) is 42.5 Å². The van der Waals surface area contributed by atoms with Crippen molar-refractivity contribution in [2.45, 2.75) is 13.3 Å². The summed E-state index contributed by atoms with van der Waals surface area (Å²) in [4.78, 5) is 15.7. The molecule has 0 saturated carbocycles. The van der Waals surface area contributed by atoms with Gasteiger partial charge in [0.1, 0.15) is 0 Å². The van der Waals surface area contributed by atoms with Gasteiger partial charge in [-0.3, -0.25) is 4.79 Å². The highest BCUT2D eigenvalue weighted by molar-refractivity contribution is 5.92. The number of carbonyl (C=O) groups excluding carboxylic acids is 1. The molecular weight excluding hydrogens is 226 g/mol. The Morgan fingerprint density at radius 2 is 2.06 bits per heavy atom. The minimum atomic E-state index is -0.342. The molecule has 0 amide bonds. The zero-order valence-electron chi connectivity index (χ0n) is 10.1. The number of hydroxylamine groups is 1. The highest BCUT2D eigenvalue weighted by Crippen LogP contribution is 2.31. The van der Waals surface area contributed by atoms with E-state index < -0.39 is 0 Å². The first-order chi connectivity index (χ1) is 8.75. The Labute approximate surface area is 105 Å². The molecule has 0 spiro atoms. The van der Waals surface area contributed by atoms with Gasteiger partial charge in [-0.25, -0.2) is 5.48 Å². The largest absolute Gasteiger partial charge is 0.344 e. The van der Waals surface area contributed by atoms with Crippen molar-refractivity contribution in [3.63, 3.8) is 0 Å². The number of allylic oxidation sites excluding steroid dienone is 1. The molecular formula is C15H13NO2. The normalized spacial score (nSPS) is 13.1. The van der Waals surface area contributed by atoms with E-state index in [1.165, 1.54) is 23.3 Å². The van der Waals surface area contributed by atoms with Crippen molar-refractivity contribution in [2.75, 3.05) is 0 Å². The van der Waals surface area contributed by atoms with Crippen LogP contribution in [0.3, 0.4) is 0 Å². The molecule has 3 rings (SSSR count). The van der Waals surface area contributed by atoms with Crippen LogP contribution in [0.25, 0.3) is 16.5 Å². The van der Waals surface area contributed by atoms with E-state index in [4.69, 9.17) is 4.84 Å². The van der Waals surface area contributed by atoms with Crippen LogP contribution >= 0.6 is 0 Å². The number of nitrogens with one attached hydrogen (secondary N) is 1. The first-order valence-electron chi connectivity index (χ1n) is 5.90. The highest BCUT2D eigenvalue weighted by atomic mass is 16.7.